The molecule has 0 radical (unpaired) electrons. The third kappa shape index (κ3) is 2.01. The maximum absolute atomic E-state index is 10.0. The van der Waals surface area contributed by atoms with Crippen molar-refractivity contribution in [1.82, 2.24) is 0 Å². The van der Waals surface area contributed by atoms with Gasteiger partial charge in [0.1, 0.15) is 0 Å². The first kappa shape index (κ1) is 10.2. The van der Waals surface area contributed by atoms with Crippen LogP contribution in [0.5, 0.6) is 0 Å². The Kier molecular flexibility index (Phi) is 2.93. The quantitative estimate of drug-likeness (QED) is 0.808. The SMILES string of the molecule is Cc1cc(C(O)CC2CCC2)sc1C. The molecule has 1 aliphatic rings. The van der Waals surface area contributed by atoms with Crippen molar-refractivity contribution in [1.29, 1.82) is 0 Å². The van der Waals surface area contributed by atoms with Crippen molar-refractivity contribution in [2.75, 3.05) is 0 Å². The zero-order valence-electron chi connectivity index (χ0n) is 8.92. The summed E-state index contributed by atoms with van der Waals surface area (Å²) in [4.78, 5) is 2.50. The number of aliphatic hydroxyl groups excluding tert-OH is 1. The number of aliphatic hydroxyl groups is 1. The zero-order valence-corrected chi connectivity index (χ0v) is 9.73. The Morgan fingerprint density at radius 3 is 2.64 bits per heavy atom. The molecule has 0 spiro atoms. The fourth-order valence-electron chi connectivity index (χ4n) is 1.93. The van der Waals surface area contributed by atoms with E-state index in [1.807, 2.05) is 0 Å². The molecule has 0 aromatic carbocycles. The van der Waals surface area contributed by atoms with E-state index in [0.717, 1.165) is 17.2 Å². The molecular weight excluding hydrogens is 192 g/mol. The lowest BCUT2D eigenvalue weighted by Crippen LogP contribution is -2.14. The summed E-state index contributed by atoms with van der Waals surface area (Å²) in [5.74, 6) is 0.785. The van der Waals surface area contributed by atoms with Gasteiger partial charge in [-0.3, -0.25) is 0 Å². The predicted octanol–water partition coefficient (Wildman–Crippen LogP) is 3.59. The van der Waals surface area contributed by atoms with Crippen LogP contribution in [-0.2, 0) is 0 Å². The molecule has 78 valence electrons. The molecule has 1 unspecified atom stereocenters. The Bertz CT molecular complexity index is 293. The highest BCUT2D eigenvalue weighted by Crippen LogP contribution is 2.37. The number of thiophene rings is 1. The van der Waals surface area contributed by atoms with Crippen molar-refractivity contribution >= 4 is 11.3 Å². The summed E-state index contributed by atoms with van der Waals surface area (Å²) in [6.45, 7) is 4.24. The Hall–Kier alpha value is -0.340. The van der Waals surface area contributed by atoms with Gasteiger partial charge in [-0.2, -0.15) is 0 Å². The molecule has 2 heteroatoms. The second kappa shape index (κ2) is 4.03. The van der Waals surface area contributed by atoms with Crippen LogP contribution in [0.2, 0.25) is 0 Å². The lowest BCUT2D eigenvalue weighted by molar-refractivity contribution is 0.121. The highest BCUT2D eigenvalue weighted by molar-refractivity contribution is 7.12. The van der Waals surface area contributed by atoms with Gasteiger partial charge in [-0.15, -0.1) is 11.3 Å². The minimum absolute atomic E-state index is 0.210. The summed E-state index contributed by atoms with van der Waals surface area (Å²) in [5.41, 5.74) is 1.32. The lowest BCUT2D eigenvalue weighted by Gasteiger charge is -2.27. The third-order valence-electron chi connectivity index (χ3n) is 3.29. The average Bonchev–Trinajstić information content (AvgIpc) is 2.40. The number of aryl methyl sites for hydroxylation is 2. The van der Waals surface area contributed by atoms with Gasteiger partial charge in [0.15, 0.2) is 0 Å². The summed E-state index contributed by atoms with van der Waals surface area (Å²) in [7, 11) is 0. The molecule has 14 heavy (non-hydrogen) atoms. The van der Waals surface area contributed by atoms with Crippen molar-refractivity contribution in [3.05, 3.63) is 21.4 Å². The molecule has 1 heterocycles. The first-order chi connectivity index (χ1) is 6.66. The van der Waals surface area contributed by atoms with E-state index < -0.39 is 0 Å². The van der Waals surface area contributed by atoms with Gasteiger partial charge in [0.25, 0.3) is 0 Å². The maximum Gasteiger partial charge on any atom is 0.0884 e. The van der Waals surface area contributed by atoms with E-state index in [1.54, 1.807) is 11.3 Å². The summed E-state index contributed by atoms with van der Waals surface area (Å²) in [6, 6.07) is 2.14. The van der Waals surface area contributed by atoms with Gasteiger partial charge in [-0.05, 0) is 37.8 Å². The smallest absolute Gasteiger partial charge is 0.0884 e. The molecule has 1 aromatic rings. The molecule has 0 aliphatic heterocycles. The molecule has 2 rings (SSSR count). The summed E-state index contributed by atoms with van der Waals surface area (Å²) < 4.78 is 0. The zero-order chi connectivity index (χ0) is 10.1. The van der Waals surface area contributed by atoms with Crippen molar-refractivity contribution in [3.8, 4) is 0 Å². The van der Waals surface area contributed by atoms with Crippen LogP contribution < -0.4 is 0 Å². The van der Waals surface area contributed by atoms with E-state index in [2.05, 4.69) is 19.9 Å². The number of hydrogen-bond donors (Lipinski definition) is 1. The monoisotopic (exact) mass is 210 g/mol. The normalized spacial score (nSPS) is 19.4. The minimum atomic E-state index is -0.210. The average molecular weight is 210 g/mol. The van der Waals surface area contributed by atoms with E-state index in [1.165, 1.54) is 29.7 Å². The summed E-state index contributed by atoms with van der Waals surface area (Å²) in [6.07, 6.45) is 4.76. The van der Waals surface area contributed by atoms with Gasteiger partial charge in [-0.1, -0.05) is 19.3 Å². The van der Waals surface area contributed by atoms with Crippen molar-refractivity contribution in [2.24, 2.45) is 5.92 Å². The largest absolute Gasteiger partial charge is 0.388 e. The molecule has 0 saturated heterocycles. The highest BCUT2D eigenvalue weighted by atomic mass is 32.1. The Morgan fingerprint density at radius 2 is 2.21 bits per heavy atom. The van der Waals surface area contributed by atoms with E-state index in [4.69, 9.17) is 0 Å². The van der Waals surface area contributed by atoms with Gasteiger partial charge >= 0.3 is 0 Å². The molecule has 1 aliphatic carbocycles. The van der Waals surface area contributed by atoms with E-state index in [9.17, 15) is 5.11 Å². The molecule has 0 amide bonds. The second-order valence-corrected chi connectivity index (χ2v) is 5.72. The van der Waals surface area contributed by atoms with Gasteiger partial charge in [0, 0.05) is 9.75 Å². The molecule has 1 fully saturated rings. The van der Waals surface area contributed by atoms with Gasteiger partial charge in [-0.25, -0.2) is 0 Å². The first-order valence-electron chi connectivity index (χ1n) is 5.42. The maximum atomic E-state index is 10.0. The van der Waals surface area contributed by atoms with Crippen LogP contribution in [0.15, 0.2) is 6.07 Å². The van der Waals surface area contributed by atoms with Crippen molar-refractivity contribution < 1.29 is 5.11 Å². The molecule has 1 saturated carbocycles. The fourth-order valence-corrected chi connectivity index (χ4v) is 2.97. The van der Waals surface area contributed by atoms with Crippen LogP contribution in [0.3, 0.4) is 0 Å². The van der Waals surface area contributed by atoms with Gasteiger partial charge in [0.2, 0.25) is 0 Å². The van der Waals surface area contributed by atoms with Crippen LogP contribution in [0.25, 0.3) is 0 Å². The van der Waals surface area contributed by atoms with E-state index >= 15 is 0 Å². The van der Waals surface area contributed by atoms with Crippen LogP contribution in [0.4, 0.5) is 0 Å². The van der Waals surface area contributed by atoms with E-state index in [-0.39, 0.29) is 6.10 Å². The lowest BCUT2D eigenvalue weighted by atomic mass is 9.81. The van der Waals surface area contributed by atoms with Crippen LogP contribution in [0, 0.1) is 19.8 Å². The molecule has 1 aromatic heterocycles. The van der Waals surface area contributed by atoms with Crippen LogP contribution >= 0.6 is 11.3 Å². The summed E-state index contributed by atoms with van der Waals surface area (Å²) in [5, 5.41) is 10.0. The number of hydrogen-bond acceptors (Lipinski definition) is 2. The third-order valence-corrected chi connectivity index (χ3v) is 4.55. The minimum Gasteiger partial charge on any atom is -0.388 e. The van der Waals surface area contributed by atoms with Crippen molar-refractivity contribution in [2.45, 2.75) is 45.6 Å². The topological polar surface area (TPSA) is 20.2 Å². The molecular formula is C12H18OS. The van der Waals surface area contributed by atoms with Crippen molar-refractivity contribution in [3.63, 3.8) is 0 Å². The first-order valence-corrected chi connectivity index (χ1v) is 6.23. The van der Waals surface area contributed by atoms with Crippen LogP contribution in [0.1, 0.15) is 47.1 Å². The standard InChI is InChI=1S/C12H18OS/c1-8-6-12(14-9(8)2)11(13)7-10-4-3-5-10/h6,10-11,13H,3-5,7H2,1-2H3. The fraction of sp³-hybridized carbons (Fsp3) is 0.667. The molecule has 0 bridgehead atoms. The van der Waals surface area contributed by atoms with Crippen LogP contribution in [-0.4, -0.2) is 5.11 Å². The molecule has 1 nitrogen and oxygen atoms in total. The molecule has 1 N–H and O–H groups in total. The number of rotatable bonds is 3. The Balaban J connectivity index is 1.98. The Morgan fingerprint density at radius 1 is 1.50 bits per heavy atom. The second-order valence-electron chi connectivity index (χ2n) is 4.44. The van der Waals surface area contributed by atoms with Gasteiger partial charge < -0.3 is 5.11 Å². The Labute approximate surface area is 89.8 Å². The van der Waals surface area contributed by atoms with E-state index in [0.29, 0.717) is 0 Å². The molecule has 1 atom stereocenters. The predicted molar refractivity (Wildman–Crippen MR) is 60.7 cm³/mol. The summed E-state index contributed by atoms with van der Waals surface area (Å²) >= 11 is 1.75. The van der Waals surface area contributed by atoms with Gasteiger partial charge in [0.05, 0.1) is 6.10 Å². The highest BCUT2D eigenvalue weighted by Gasteiger charge is 2.22.